The number of hydrogen-bond donors (Lipinski definition) is 1. The van der Waals surface area contributed by atoms with Gasteiger partial charge in [0.2, 0.25) is 0 Å². The molecule has 0 saturated carbocycles. The summed E-state index contributed by atoms with van der Waals surface area (Å²) in [5.74, 6) is 0.655. The second-order valence-corrected chi connectivity index (χ2v) is 5.12. The molecule has 0 aromatic rings. The van der Waals surface area contributed by atoms with E-state index in [1.807, 2.05) is 25.7 Å². The van der Waals surface area contributed by atoms with Gasteiger partial charge in [-0.05, 0) is 20.8 Å². The summed E-state index contributed by atoms with van der Waals surface area (Å²) in [6.45, 7) is 8.51. The standard InChI is InChI=1S/C10H18N2O2/c1-10(2,3)14-9(13)12-6-7-4-11-5-8(7)12/h7-8,11H,4-6H2,1-3H3/t7?,8-/m0/s1. The molecule has 80 valence electrons. The van der Waals surface area contributed by atoms with Gasteiger partial charge in [-0.2, -0.15) is 0 Å². The molecule has 14 heavy (non-hydrogen) atoms. The van der Waals surface area contributed by atoms with E-state index in [4.69, 9.17) is 4.74 Å². The van der Waals surface area contributed by atoms with E-state index in [0.717, 1.165) is 19.6 Å². The van der Waals surface area contributed by atoms with Gasteiger partial charge in [-0.1, -0.05) is 0 Å². The maximum Gasteiger partial charge on any atom is 0.410 e. The number of amides is 1. The molecule has 0 bridgehead atoms. The van der Waals surface area contributed by atoms with Crippen molar-refractivity contribution >= 4 is 6.09 Å². The number of carbonyl (C=O) groups is 1. The fourth-order valence-corrected chi connectivity index (χ4v) is 2.05. The SMILES string of the molecule is CC(C)(C)OC(=O)N1CC2CNC[C@@H]21. The van der Waals surface area contributed by atoms with Gasteiger partial charge in [0.25, 0.3) is 0 Å². The molecule has 0 aromatic carbocycles. The van der Waals surface area contributed by atoms with Crippen LogP contribution in [0.3, 0.4) is 0 Å². The predicted molar refractivity (Wildman–Crippen MR) is 53.1 cm³/mol. The second-order valence-electron chi connectivity index (χ2n) is 5.12. The molecule has 2 heterocycles. The first-order valence-corrected chi connectivity index (χ1v) is 5.18. The molecular formula is C10H18N2O2. The van der Waals surface area contributed by atoms with E-state index in [-0.39, 0.29) is 11.7 Å². The summed E-state index contributed by atoms with van der Waals surface area (Å²) < 4.78 is 5.31. The summed E-state index contributed by atoms with van der Waals surface area (Å²) in [6.07, 6.45) is -0.164. The third-order valence-corrected chi connectivity index (χ3v) is 2.76. The Morgan fingerprint density at radius 2 is 2.14 bits per heavy atom. The Morgan fingerprint density at radius 3 is 2.71 bits per heavy atom. The number of nitrogens with zero attached hydrogens (tertiary/aromatic N) is 1. The Kier molecular flexibility index (Phi) is 2.18. The molecule has 2 aliphatic rings. The maximum absolute atomic E-state index is 11.7. The van der Waals surface area contributed by atoms with Gasteiger partial charge in [0.1, 0.15) is 5.60 Å². The topological polar surface area (TPSA) is 41.6 Å². The minimum atomic E-state index is -0.381. The van der Waals surface area contributed by atoms with Crippen molar-refractivity contribution in [1.82, 2.24) is 10.2 Å². The van der Waals surface area contributed by atoms with Gasteiger partial charge in [-0.3, -0.25) is 0 Å². The molecule has 1 unspecified atom stereocenters. The van der Waals surface area contributed by atoms with Crippen LogP contribution in [0.25, 0.3) is 0 Å². The zero-order chi connectivity index (χ0) is 10.3. The zero-order valence-corrected chi connectivity index (χ0v) is 9.04. The lowest BCUT2D eigenvalue weighted by molar-refractivity contribution is -0.0163. The first-order valence-electron chi connectivity index (χ1n) is 5.18. The molecule has 0 aliphatic carbocycles. The van der Waals surface area contributed by atoms with Crippen LogP contribution < -0.4 is 5.32 Å². The van der Waals surface area contributed by atoms with E-state index in [1.165, 1.54) is 0 Å². The van der Waals surface area contributed by atoms with Crippen LogP contribution in [0.4, 0.5) is 4.79 Å². The minimum Gasteiger partial charge on any atom is -0.444 e. The summed E-state index contributed by atoms with van der Waals surface area (Å²) in [4.78, 5) is 13.5. The Morgan fingerprint density at radius 1 is 1.43 bits per heavy atom. The number of ether oxygens (including phenoxy) is 1. The normalized spacial score (nSPS) is 30.9. The van der Waals surface area contributed by atoms with Crippen LogP contribution in [-0.4, -0.2) is 42.3 Å². The van der Waals surface area contributed by atoms with E-state index in [1.54, 1.807) is 0 Å². The van der Waals surface area contributed by atoms with E-state index in [9.17, 15) is 4.79 Å². The van der Waals surface area contributed by atoms with E-state index >= 15 is 0 Å². The first-order chi connectivity index (χ1) is 6.47. The molecule has 0 radical (unpaired) electrons. The second kappa shape index (κ2) is 3.12. The first kappa shape index (κ1) is 9.77. The van der Waals surface area contributed by atoms with Crippen LogP contribution in [0, 0.1) is 5.92 Å². The highest BCUT2D eigenvalue weighted by Crippen LogP contribution is 2.29. The van der Waals surface area contributed by atoms with E-state index in [2.05, 4.69) is 5.32 Å². The Balaban J connectivity index is 1.88. The number of likely N-dealkylation sites (tertiary alicyclic amines) is 1. The summed E-state index contributed by atoms with van der Waals surface area (Å²) in [5, 5.41) is 3.28. The Hall–Kier alpha value is -0.770. The highest BCUT2D eigenvalue weighted by Gasteiger charge is 2.46. The summed E-state index contributed by atoms with van der Waals surface area (Å²) in [6, 6.07) is 0.379. The average molecular weight is 198 g/mol. The van der Waals surface area contributed by atoms with Gasteiger partial charge in [-0.25, -0.2) is 4.79 Å². The van der Waals surface area contributed by atoms with Crippen LogP contribution >= 0.6 is 0 Å². The predicted octanol–water partition coefficient (Wildman–Crippen LogP) is 0.825. The monoisotopic (exact) mass is 198 g/mol. The van der Waals surface area contributed by atoms with Crippen LogP contribution in [0.1, 0.15) is 20.8 Å². The number of carbonyl (C=O) groups excluding carboxylic acids is 1. The van der Waals surface area contributed by atoms with Crippen LogP contribution in [0.2, 0.25) is 0 Å². The highest BCUT2D eigenvalue weighted by molar-refractivity contribution is 5.70. The molecule has 1 amide bonds. The van der Waals surface area contributed by atoms with Gasteiger partial charge in [0, 0.05) is 25.6 Å². The fourth-order valence-electron chi connectivity index (χ4n) is 2.05. The van der Waals surface area contributed by atoms with Crippen molar-refractivity contribution in [3.8, 4) is 0 Å². The summed E-state index contributed by atoms with van der Waals surface area (Å²) >= 11 is 0. The van der Waals surface area contributed by atoms with Gasteiger partial charge >= 0.3 is 6.09 Å². The largest absolute Gasteiger partial charge is 0.444 e. The zero-order valence-electron chi connectivity index (χ0n) is 9.04. The molecule has 4 nitrogen and oxygen atoms in total. The third kappa shape index (κ3) is 1.71. The molecule has 2 rings (SSSR count). The molecular weight excluding hydrogens is 180 g/mol. The van der Waals surface area contributed by atoms with Crippen molar-refractivity contribution in [2.45, 2.75) is 32.4 Å². The summed E-state index contributed by atoms with van der Waals surface area (Å²) in [7, 11) is 0. The average Bonchev–Trinajstić information content (AvgIpc) is 2.28. The van der Waals surface area contributed by atoms with Crippen molar-refractivity contribution in [2.75, 3.05) is 19.6 Å². The van der Waals surface area contributed by atoms with Crippen molar-refractivity contribution in [3.05, 3.63) is 0 Å². The van der Waals surface area contributed by atoms with Crippen molar-refractivity contribution in [3.63, 3.8) is 0 Å². The van der Waals surface area contributed by atoms with Gasteiger partial charge in [0.05, 0.1) is 6.04 Å². The fraction of sp³-hybridized carbons (Fsp3) is 0.900. The third-order valence-electron chi connectivity index (χ3n) is 2.76. The molecule has 1 N–H and O–H groups in total. The van der Waals surface area contributed by atoms with Gasteiger partial charge < -0.3 is 15.0 Å². The Bertz CT molecular complexity index is 247. The van der Waals surface area contributed by atoms with Crippen LogP contribution in [0.5, 0.6) is 0 Å². The molecule has 2 atom stereocenters. The van der Waals surface area contributed by atoms with E-state index < -0.39 is 0 Å². The number of fused-ring (bicyclic) bond motifs is 1. The number of nitrogens with one attached hydrogen (secondary N) is 1. The summed E-state index contributed by atoms with van der Waals surface area (Å²) in [5.41, 5.74) is -0.381. The molecule has 0 aromatic heterocycles. The molecule has 2 saturated heterocycles. The molecule has 4 heteroatoms. The van der Waals surface area contributed by atoms with Crippen molar-refractivity contribution < 1.29 is 9.53 Å². The molecule has 0 spiro atoms. The Labute approximate surface area is 84.6 Å². The molecule has 2 fully saturated rings. The lowest BCUT2D eigenvalue weighted by atomic mass is 9.93. The van der Waals surface area contributed by atoms with Crippen LogP contribution in [0.15, 0.2) is 0 Å². The van der Waals surface area contributed by atoms with Crippen LogP contribution in [-0.2, 0) is 4.74 Å². The number of rotatable bonds is 0. The van der Waals surface area contributed by atoms with Crippen molar-refractivity contribution in [2.24, 2.45) is 5.92 Å². The maximum atomic E-state index is 11.7. The lowest BCUT2D eigenvalue weighted by Gasteiger charge is -2.43. The minimum absolute atomic E-state index is 0.164. The molecule has 2 aliphatic heterocycles. The highest BCUT2D eigenvalue weighted by atomic mass is 16.6. The van der Waals surface area contributed by atoms with Crippen molar-refractivity contribution in [1.29, 1.82) is 0 Å². The lowest BCUT2D eigenvalue weighted by Crippen LogP contribution is -2.59. The quantitative estimate of drug-likeness (QED) is 0.626. The van der Waals surface area contributed by atoms with E-state index in [0.29, 0.717) is 12.0 Å². The number of hydrogen-bond acceptors (Lipinski definition) is 3. The smallest absolute Gasteiger partial charge is 0.410 e. The van der Waals surface area contributed by atoms with Gasteiger partial charge in [0.15, 0.2) is 0 Å². The van der Waals surface area contributed by atoms with Gasteiger partial charge in [-0.15, -0.1) is 0 Å².